The molecule has 4 aliphatic heterocycles. The SMILES string of the molecule is O=C(NCCSCc1ccc(CNC(=O)NC2CCC(CCN3[C@@H]4CC[C@H]3c3ccccc34)CC2)o1)NC1CCC(CCN2[C@@H]3CC[C@H]2c2ccccc23)CC1. The molecular weight excluding hydrogens is 717 g/mol. The number of benzene rings is 2. The second kappa shape index (κ2) is 17.6. The molecular formula is C46H62N6O3S. The van der Waals surface area contributed by atoms with Gasteiger partial charge in [-0.2, -0.15) is 11.8 Å². The van der Waals surface area contributed by atoms with Gasteiger partial charge in [0.25, 0.3) is 0 Å². The molecule has 56 heavy (non-hydrogen) atoms. The fraction of sp³-hybridized carbons (Fsp3) is 0.609. The lowest BCUT2D eigenvalue weighted by molar-refractivity contribution is 0.185. The Morgan fingerprint density at radius 2 is 1.02 bits per heavy atom. The third kappa shape index (κ3) is 8.53. The van der Waals surface area contributed by atoms with Crippen molar-refractivity contribution in [1.29, 1.82) is 0 Å². The minimum atomic E-state index is -0.111. The van der Waals surface area contributed by atoms with Gasteiger partial charge in [0, 0.05) is 48.5 Å². The first-order chi connectivity index (χ1) is 27.6. The van der Waals surface area contributed by atoms with E-state index in [2.05, 4.69) is 79.6 Å². The summed E-state index contributed by atoms with van der Waals surface area (Å²) in [6.45, 7) is 3.40. The number of carbonyl (C=O) groups is 2. The van der Waals surface area contributed by atoms with Crippen molar-refractivity contribution in [3.63, 3.8) is 0 Å². The van der Waals surface area contributed by atoms with Crippen molar-refractivity contribution in [2.75, 3.05) is 25.4 Å². The number of nitrogens with one attached hydrogen (secondary N) is 4. The molecule has 0 unspecified atom stereocenters. The van der Waals surface area contributed by atoms with Gasteiger partial charge < -0.3 is 25.7 Å². The van der Waals surface area contributed by atoms with Crippen LogP contribution in [0.4, 0.5) is 9.59 Å². The first-order valence-corrected chi connectivity index (χ1v) is 23.1. The number of hydrogen-bond donors (Lipinski definition) is 4. The number of furan rings is 1. The molecule has 4 N–H and O–H groups in total. The molecule has 9 nitrogen and oxygen atoms in total. The normalized spacial score (nSPS) is 29.2. The van der Waals surface area contributed by atoms with Crippen LogP contribution in [0.2, 0.25) is 0 Å². The van der Waals surface area contributed by atoms with Gasteiger partial charge >= 0.3 is 12.1 Å². The van der Waals surface area contributed by atoms with Crippen molar-refractivity contribution < 1.29 is 14.0 Å². The summed E-state index contributed by atoms with van der Waals surface area (Å²) in [5.41, 5.74) is 6.29. The maximum absolute atomic E-state index is 12.7. The first kappa shape index (κ1) is 38.1. The van der Waals surface area contributed by atoms with E-state index in [0.29, 0.717) is 37.3 Å². The van der Waals surface area contributed by atoms with Gasteiger partial charge in [-0.15, -0.1) is 0 Å². The molecule has 0 spiro atoms. The van der Waals surface area contributed by atoms with Crippen molar-refractivity contribution >= 4 is 23.8 Å². The molecule has 300 valence electrons. The zero-order valence-electron chi connectivity index (χ0n) is 33.1. The van der Waals surface area contributed by atoms with E-state index in [1.807, 2.05) is 12.1 Å². The summed E-state index contributed by atoms with van der Waals surface area (Å²) < 4.78 is 5.99. The van der Waals surface area contributed by atoms with Crippen LogP contribution in [0.25, 0.3) is 0 Å². The Hall–Kier alpha value is -3.47. The number of amides is 4. The standard InChI is InChI=1S/C46H62N6O3S/c53-45(49-33-13-9-31(10-14-33)23-26-51-41-19-20-42(51)38-6-2-1-5-37(38)41)47-25-28-56-30-36-18-17-35(55-36)29-48-46(54)50-34-15-11-32(12-16-34)24-27-52-43-21-22-44(52)40-8-4-3-7-39(40)43/h1-8,17-18,31-34,41-44H,9-16,19-30H2,(H2,47,49,53)(H2,48,50,54)/t31?,32?,33?,34?,41-,42+,43-,44+. The smallest absolute Gasteiger partial charge is 0.315 e. The van der Waals surface area contributed by atoms with Gasteiger partial charge in [0.1, 0.15) is 11.5 Å². The summed E-state index contributed by atoms with van der Waals surface area (Å²) >= 11 is 1.74. The predicted octanol–water partition coefficient (Wildman–Crippen LogP) is 9.29. The van der Waals surface area contributed by atoms with Crippen molar-refractivity contribution in [2.24, 2.45) is 11.8 Å². The Morgan fingerprint density at radius 1 is 0.571 bits per heavy atom. The van der Waals surface area contributed by atoms with Gasteiger partial charge in [0.05, 0.1) is 12.3 Å². The summed E-state index contributed by atoms with van der Waals surface area (Å²) in [5.74, 6) is 4.73. The molecule has 10 heteroatoms. The molecule has 5 heterocycles. The molecule has 0 radical (unpaired) electrons. The van der Waals surface area contributed by atoms with Crippen LogP contribution in [0, 0.1) is 11.8 Å². The van der Waals surface area contributed by atoms with Crippen LogP contribution in [0.1, 0.15) is 148 Å². The highest BCUT2D eigenvalue weighted by Crippen LogP contribution is 2.54. The number of urea groups is 2. The van der Waals surface area contributed by atoms with Crippen molar-refractivity contribution in [3.05, 3.63) is 94.4 Å². The van der Waals surface area contributed by atoms with Gasteiger partial charge in [-0.1, -0.05) is 48.5 Å². The Bertz CT molecular complexity index is 1740. The van der Waals surface area contributed by atoms with Crippen molar-refractivity contribution in [3.8, 4) is 0 Å². The number of thioether (sulfide) groups is 1. The molecule has 4 bridgehead atoms. The van der Waals surface area contributed by atoms with Gasteiger partial charge in [-0.25, -0.2) is 9.59 Å². The third-order valence-electron chi connectivity index (χ3n) is 14.3. The second-order valence-corrected chi connectivity index (χ2v) is 18.7. The van der Waals surface area contributed by atoms with Crippen molar-refractivity contribution in [1.82, 2.24) is 31.1 Å². The molecule has 4 atom stereocenters. The molecule has 2 saturated carbocycles. The molecule has 2 saturated heterocycles. The average molecular weight is 779 g/mol. The summed E-state index contributed by atoms with van der Waals surface area (Å²) in [7, 11) is 0. The lowest BCUT2D eigenvalue weighted by Crippen LogP contribution is -2.44. The third-order valence-corrected chi connectivity index (χ3v) is 15.3. The Morgan fingerprint density at radius 3 is 1.50 bits per heavy atom. The van der Waals surface area contributed by atoms with E-state index in [-0.39, 0.29) is 24.1 Å². The monoisotopic (exact) mass is 778 g/mol. The predicted molar refractivity (Wildman–Crippen MR) is 223 cm³/mol. The minimum Gasteiger partial charge on any atom is -0.463 e. The van der Waals surface area contributed by atoms with Crippen LogP contribution >= 0.6 is 11.8 Å². The van der Waals surface area contributed by atoms with Crippen LogP contribution in [0.15, 0.2) is 65.1 Å². The van der Waals surface area contributed by atoms with Gasteiger partial charge in [-0.3, -0.25) is 9.80 Å². The van der Waals surface area contributed by atoms with E-state index in [1.165, 1.54) is 77.3 Å². The van der Waals surface area contributed by atoms with E-state index < -0.39 is 0 Å². The van der Waals surface area contributed by atoms with Gasteiger partial charge in [0.2, 0.25) is 0 Å². The lowest BCUT2D eigenvalue weighted by Gasteiger charge is -2.31. The quantitative estimate of drug-likeness (QED) is 0.115. The lowest BCUT2D eigenvalue weighted by atomic mass is 9.84. The molecule has 2 aliphatic carbocycles. The van der Waals surface area contributed by atoms with Crippen LogP contribution < -0.4 is 21.3 Å². The van der Waals surface area contributed by atoms with E-state index in [1.54, 1.807) is 34.0 Å². The maximum Gasteiger partial charge on any atom is 0.315 e. The average Bonchev–Trinajstić information content (AvgIpc) is 4.07. The second-order valence-electron chi connectivity index (χ2n) is 17.6. The molecule has 9 rings (SSSR count). The van der Waals surface area contributed by atoms with Crippen LogP contribution in [0.5, 0.6) is 0 Å². The summed E-state index contributed by atoms with van der Waals surface area (Å²) in [6.07, 6.45) is 16.9. The first-order valence-electron chi connectivity index (χ1n) is 22.0. The fourth-order valence-electron chi connectivity index (χ4n) is 11.4. The molecule has 3 aromatic rings. The van der Waals surface area contributed by atoms with Gasteiger partial charge in [-0.05, 0) is 149 Å². The highest BCUT2D eigenvalue weighted by molar-refractivity contribution is 7.98. The highest BCUT2D eigenvalue weighted by Gasteiger charge is 2.44. The fourth-order valence-corrected chi connectivity index (χ4v) is 12.2. The number of rotatable bonds is 15. The zero-order valence-corrected chi connectivity index (χ0v) is 33.9. The minimum absolute atomic E-state index is 0.0474. The molecule has 6 aliphatic rings. The van der Waals surface area contributed by atoms with Crippen LogP contribution in [-0.2, 0) is 12.3 Å². The number of hydrogen-bond acceptors (Lipinski definition) is 6. The molecule has 4 fully saturated rings. The largest absolute Gasteiger partial charge is 0.463 e. The van der Waals surface area contributed by atoms with Gasteiger partial charge in [0.15, 0.2) is 0 Å². The zero-order chi connectivity index (χ0) is 37.8. The molecule has 2 aromatic carbocycles. The summed E-state index contributed by atoms with van der Waals surface area (Å²) in [4.78, 5) is 30.9. The number of fused-ring (bicyclic) bond motifs is 10. The van der Waals surface area contributed by atoms with E-state index in [9.17, 15) is 9.59 Å². The van der Waals surface area contributed by atoms with Crippen LogP contribution in [0.3, 0.4) is 0 Å². The highest BCUT2D eigenvalue weighted by atomic mass is 32.2. The van der Waals surface area contributed by atoms with E-state index in [0.717, 1.165) is 60.5 Å². The summed E-state index contributed by atoms with van der Waals surface area (Å²) in [5, 5.41) is 12.5. The topological polar surface area (TPSA) is 102 Å². The van der Waals surface area contributed by atoms with Crippen LogP contribution in [-0.4, -0.2) is 59.3 Å². The van der Waals surface area contributed by atoms with E-state index in [4.69, 9.17) is 4.42 Å². The Kier molecular flexibility index (Phi) is 11.9. The Balaban J connectivity index is 0.588. The number of carbonyl (C=O) groups excluding carboxylic acids is 2. The molecule has 1 aromatic heterocycles. The summed E-state index contributed by atoms with van der Waals surface area (Å²) in [6, 6.07) is 25.0. The van der Waals surface area contributed by atoms with E-state index >= 15 is 0 Å². The van der Waals surface area contributed by atoms with Crippen molar-refractivity contribution in [2.45, 2.75) is 138 Å². The molecule has 4 amide bonds. The Labute approximate surface area is 337 Å². The number of nitrogens with zero attached hydrogens (tertiary/aromatic N) is 2. The maximum atomic E-state index is 12.7.